The Morgan fingerprint density at radius 2 is 2.20 bits per heavy atom. The summed E-state index contributed by atoms with van der Waals surface area (Å²) in [5.41, 5.74) is 3.05. The number of nitrogens with zero attached hydrogens (tertiary/aromatic N) is 4. The zero-order valence-electron chi connectivity index (χ0n) is 14.2. The zero-order valence-corrected chi connectivity index (χ0v) is 14.2. The van der Waals surface area contributed by atoms with Crippen molar-refractivity contribution in [2.45, 2.75) is 38.8 Å². The fourth-order valence-corrected chi connectivity index (χ4v) is 3.31. The maximum absolute atomic E-state index is 11.5. The van der Waals surface area contributed by atoms with Gasteiger partial charge in [-0.25, -0.2) is 4.79 Å². The van der Waals surface area contributed by atoms with Gasteiger partial charge in [0.2, 0.25) is 0 Å². The number of carboxylic acid groups (broad SMARTS) is 1. The van der Waals surface area contributed by atoms with Gasteiger partial charge in [0.05, 0.1) is 12.2 Å². The maximum atomic E-state index is 11.5. The molecule has 1 saturated heterocycles. The van der Waals surface area contributed by atoms with Crippen molar-refractivity contribution in [3.63, 3.8) is 0 Å². The van der Waals surface area contributed by atoms with E-state index in [1.807, 2.05) is 42.1 Å². The van der Waals surface area contributed by atoms with Crippen molar-refractivity contribution in [2.75, 3.05) is 6.54 Å². The van der Waals surface area contributed by atoms with Crippen LogP contribution in [0, 0.1) is 0 Å². The third-order valence-corrected chi connectivity index (χ3v) is 4.62. The van der Waals surface area contributed by atoms with Gasteiger partial charge in [-0.05, 0) is 37.8 Å². The second-order valence-corrected chi connectivity index (χ2v) is 6.14. The standard InChI is InChI=1S/C18H22N4O3/c1-2-21-12-15(11-19-21)13-6-5-7-14(10-13)17(20-25)16-8-3-4-9-22(16)18(23)24/h5-7,10-12,16,25H,2-4,8-9H2,1H3,(H,23,24)/b20-17-. The molecule has 1 aromatic heterocycles. The van der Waals surface area contributed by atoms with E-state index >= 15 is 0 Å². The Kier molecular flexibility index (Phi) is 5.02. The molecule has 3 rings (SSSR count). The molecule has 1 fully saturated rings. The molecule has 2 heterocycles. The largest absolute Gasteiger partial charge is 0.465 e. The monoisotopic (exact) mass is 342 g/mol. The number of rotatable bonds is 4. The summed E-state index contributed by atoms with van der Waals surface area (Å²) in [6, 6.07) is 7.18. The molecule has 7 heteroatoms. The van der Waals surface area contributed by atoms with Crippen molar-refractivity contribution >= 4 is 11.8 Å². The third-order valence-electron chi connectivity index (χ3n) is 4.62. The number of aromatic nitrogens is 2. The Morgan fingerprint density at radius 3 is 2.88 bits per heavy atom. The highest BCUT2D eigenvalue weighted by Crippen LogP contribution is 2.25. The van der Waals surface area contributed by atoms with E-state index < -0.39 is 12.1 Å². The van der Waals surface area contributed by atoms with Gasteiger partial charge in [-0.2, -0.15) is 5.10 Å². The van der Waals surface area contributed by atoms with E-state index in [1.54, 1.807) is 6.20 Å². The summed E-state index contributed by atoms with van der Waals surface area (Å²) in [6.07, 6.45) is 5.17. The minimum atomic E-state index is -0.980. The lowest BCUT2D eigenvalue weighted by molar-refractivity contribution is 0.123. The summed E-state index contributed by atoms with van der Waals surface area (Å²) in [7, 11) is 0. The molecule has 0 saturated carbocycles. The molecular formula is C18H22N4O3. The highest BCUT2D eigenvalue weighted by atomic mass is 16.4. The summed E-state index contributed by atoms with van der Waals surface area (Å²) in [4.78, 5) is 12.9. The van der Waals surface area contributed by atoms with E-state index in [2.05, 4.69) is 10.3 Å². The minimum Gasteiger partial charge on any atom is -0.465 e. The van der Waals surface area contributed by atoms with Crippen LogP contribution in [0.15, 0.2) is 41.8 Å². The van der Waals surface area contributed by atoms with Crippen LogP contribution in [0.1, 0.15) is 31.7 Å². The molecule has 7 nitrogen and oxygen atoms in total. The minimum absolute atomic E-state index is 0.395. The molecule has 2 aromatic rings. The summed E-state index contributed by atoms with van der Waals surface area (Å²) in [5, 5.41) is 26.8. The molecule has 1 unspecified atom stereocenters. The van der Waals surface area contributed by atoms with Gasteiger partial charge >= 0.3 is 6.09 Å². The van der Waals surface area contributed by atoms with Crippen LogP contribution < -0.4 is 0 Å². The molecule has 0 aliphatic carbocycles. The van der Waals surface area contributed by atoms with Crippen LogP contribution >= 0.6 is 0 Å². The highest BCUT2D eigenvalue weighted by Gasteiger charge is 2.31. The van der Waals surface area contributed by atoms with E-state index in [0.717, 1.165) is 36.1 Å². The summed E-state index contributed by atoms with van der Waals surface area (Å²) in [6.45, 7) is 3.27. The second kappa shape index (κ2) is 7.38. The van der Waals surface area contributed by atoms with Crippen molar-refractivity contribution in [3.05, 3.63) is 42.2 Å². The van der Waals surface area contributed by atoms with Crippen LogP contribution in [0.4, 0.5) is 4.79 Å². The van der Waals surface area contributed by atoms with E-state index in [4.69, 9.17) is 0 Å². The quantitative estimate of drug-likeness (QED) is 0.507. The highest BCUT2D eigenvalue weighted by molar-refractivity contribution is 6.06. The van der Waals surface area contributed by atoms with Crippen LogP contribution in [0.2, 0.25) is 0 Å². The third kappa shape index (κ3) is 3.50. The first-order valence-corrected chi connectivity index (χ1v) is 8.48. The number of piperidine rings is 1. The Labute approximate surface area is 146 Å². The fraction of sp³-hybridized carbons (Fsp3) is 0.389. The molecule has 0 bridgehead atoms. The molecule has 132 valence electrons. The first kappa shape index (κ1) is 17.0. The van der Waals surface area contributed by atoms with Crippen molar-refractivity contribution in [3.8, 4) is 11.1 Å². The predicted octanol–water partition coefficient (Wildman–Crippen LogP) is 3.28. The molecule has 2 N–H and O–H groups in total. The van der Waals surface area contributed by atoms with Crippen LogP contribution in [-0.2, 0) is 6.54 Å². The normalized spacial score (nSPS) is 18.4. The Morgan fingerprint density at radius 1 is 1.36 bits per heavy atom. The van der Waals surface area contributed by atoms with Crippen LogP contribution in [0.3, 0.4) is 0 Å². The summed E-state index contributed by atoms with van der Waals surface area (Å²) in [5.74, 6) is 0. The molecule has 0 radical (unpaired) electrons. The summed E-state index contributed by atoms with van der Waals surface area (Å²) >= 11 is 0. The van der Waals surface area contributed by atoms with Gasteiger partial charge in [-0.3, -0.25) is 9.58 Å². The number of amides is 1. The van der Waals surface area contributed by atoms with Crippen molar-refractivity contribution < 1.29 is 15.1 Å². The van der Waals surface area contributed by atoms with E-state index in [0.29, 0.717) is 18.7 Å². The van der Waals surface area contributed by atoms with Gasteiger partial charge in [0.15, 0.2) is 0 Å². The first-order chi connectivity index (χ1) is 12.1. The fourth-order valence-electron chi connectivity index (χ4n) is 3.31. The molecule has 1 atom stereocenters. The SMILES string of the molecule is CCn1cc(-c2cccc(/C(=N/O)C3CCCCN3C(=O)O)c2)cn1. The number of carbonyl (C=O) groups is 1. The van der Waals surface area contributed by atoms with Gasteiger partial charge in [0.1, 0.15) is 5.71 Å². The van der Waals surface area contributed by atoms with Gasteiger partial charge in [0, 0.05) is 30.4 Å². The predicted molar refractivity (Wildman–Crippen MR) is 94.0 cm³/mol. The van der Waals surface area contributed by atoms with Gasteiger partial charge in [0.25, 0.3) is 0 Å². The number of aryl methyl sites for hydroxylation is 1. The van der Waals surface area contributed by atoms with E-state index in [9.17, 15) is 15.1 Å². The van der Waals surface area contributed by atoms with Crippen LogP contribution in [0.25, 0.3) is 11.1 Å². The Bertz CT molecular complexity index is 784. The van der Waals surface area contributed by atoms with Gasteiger partial charge in [-0.1, -0.05) is 23.4 Å². The number of benzene rings is 1. The smallest absolute Gasteiger partial charge is 0.407 e. The van der Waals surface area contributed by atoms with Gasteiger partial charge in [-0.15, -0.1) is 0 Å². The average Bonchev–Trinajstić information content (AvgIpc) is 3.12. The molecular weight excluding hydrogens is 320 g/mol. The lowest BCUT2D eigenvalue weighted by Gasteiger charge is -2.33. The van der Waals surface area contributed by atoms with E-state index in [1.165, 1.54) is 4.90 Å². The van der Waals surface area contributed by atoms with Crippen molar-refractivity contribution in [1.82, 2.24) is 14.7 Å². The van der Waals surface area contributed by atoms with Crippen molar-refractivity contribution in [2.24, 2.45) is 5.16 Å². The number of hydrogen-bond donors (Lipinski definition) is 2. The summed E-state index contributed by atoms with van der Waals surface area (Å²) < 4.78 is 1.84. The lowest BCUT2D eigenvalue weighted by Crippen LogP contribution is -2.47. The molecule has 1 aliphatic heterocycles. The molecule has 25 heavy (non-hydrogen) atoms. The number of oxime groups is 1. The molecule has 1 aromatic carbocycles. The Hall–Kier alpha value is -2.83. The zero-order chi connectivity index (χ0) is 17.8. The average molecular weight is 342 g/mol. The van der Waals surface area contributed by atoms with Crippen LogP contribution in [-0.4, -0.2) is 49.4 Å². The van der Waals surface area contributed by atoms with E-state index in [-0.39, 0.29) is 0 Å². The first-order valence-electron chi connectivity index (χ1n) is 8.48. The number of likely N-dealkylation sites (tertiary alicyclic amines) is 1. The Balaban J connectivity index is 1.93. The lowest BCUT2D eigenvalue weighted by atomic mass is 9.92. The molecule has 1 amide bonds. The maximum Gasteiger partial charge on any atom is 0.407 e. The molecule has 1 aliphatic rings. The second-order valence-electron chi connectivity index (χ2n) is 6.14. The number of hydrogen-bond acceptors (Lipinski definition) is 4. The topological polar surface area (TPSA) is 91.0 Å². The van der Waals surface area contributed by atoms with Gasteiger partial charge < -0.3 is 10.3 Å². The molecule has 0 spiro atoms. The van der Waals surface area contributed by atoms with Crippen LogP contribution in [0.5, 0.6) is 0 Å². The van der Waals surface area contributed by atoms with Crippen molar-refractivity contribution in [1.29, 1.82) is 0 Å².